The van der Waals surface area contributed by atoms with E-state index >= 15 is 0 Å². The van der Waals surface area contributed by atoms with E-state index in [1.165, 1.54) is 27.7 Å². The number of hydrogen-bond donors (Lipinski definition) is 0. The smallest absolute Gasteiger partial charge is 0.303 e. The molecule has 0 aromatic rings. The zero-order chi connectivity index (χ0) is 27.7. The average molecular weight is 519 g/mol. The molecule has 0 heterocycles. The van der Waals surface area contributed by atoms with Crippen molar-refractivity contribution in [1.82, 2.24) is 0 Å². The highest BCUT2D eigenvalue weighted by atomic mass is 16.6. The van der Waals surface area contributed by atoms with Crippen molar-refractivity contribution in [3.8, 4) is 0 Å². The van der Waals surface area contributed by atoms with Crippen LogP contribution in [0.25, 0.3) is 0 Å². The van der Waals surface area contributed by atoms with E-state index in [4.69, 9.17) is 18.9 Å². The van der Waals surface area contributed by atoms with Gasteiger partial charge in [-0.25, -0.2) is 0 Å². The highest BCUT2D eigenvalue weighted by Crippen LogP contribution is 2.72. The molecule has 9 unspecified atom stereocenters. The summed E-state index contributed by atoms with van der Waals surface area (Å²) in [6, 6.07) is 0. The van der Waals surface area contributed by atoms with E-state index in [1.807, 2.05) is 20.8 Å². The fourth-order valence-corrected chi connectivity index (χ4v) is 8.83. The van der Waals surface area contributed by atoms with Crippen LogP contribution in [0.2, 0.25) is 0 Å². The number of Topliss-reactive ketones (excluding diaryl/α,β-unsaturated/α-hetero) is 1. The van der Waals surface area contributed by atoms with Crippen molar-refractivity contribution in [2.45, 2.75) is 98.6 Å². The van der Waals surface area contributed by atoms with Crippen LogP contribution in [0.4, 0.5) is 0 Å². The van der Waals surface area contributed by atoms with E-state index in [9.17, 15) is 24.0 Å². The molecule has 0 aliphatic heterocycles. The molecule has 4 rings (SSSR count). The lowest BCUT2D eigenvalue weighted by Crippen LogP contribution is -2.74. The van der Waals surface area contributed by atoms with Crippen molar-refractivity contribution in [3.05, 3.63) is 12.2 Å². The van der Waals surface area contributed by atoms with Crippen LogP contribution in [0.5, 0.6) is 0 Å². The number of ketones is 1. The molecule has 1 spiro atoms. The first-order valence-corrected chi connectivity index (χ1v) is 13.0. The standard InChI is InChI=1S/C28H38O9/c1-13-18-11-19(33)22-27(8)10-9-20(34-14(2)29)26(6,7)23(27)21(35-15(3)30)25(37-17(5)32)28(22,12-18)24(13)36-16(4)31/h18,20-25H,1,9-12H2,2-8H3. The summed E-state index contributed by atoms with van der Waals surface area (Å²) in [7, 11) is 0. The molecular weight excluding hydrogens is 480 g/mol. The number of hydrogen-bond acceptors (Lipinski definition) is 9. The molecule has 37 heavy (non-hydrogen) atoms. The van der Waals surface area contributed by atoms with Crippen LogP contribution in [0.1, 0.15) is 74.1 Å². The Morgan fingerprint density at radius 2 is 1.43 bits per heavy atom. The summed E-state index contributed by atoms with van der Waals surface area (Å²) in [5.41, 5.74) is -1.99. The summed E-state index contributed by atoms with van der Waals surface area (Å²) in [5.74, 6) is -3.52. The molecule has 0 amide bonds. The van der Waals surface area contributed by atoms with Crippen molar-refractivity contribution in [2.75, 3.05) is 0 Å². The van der Waals surface area contributed by atoms with Gasteiger partial charge in [0.2, 0.25) is 0 Å². The molecule has 2 bridgehead atoms. The molecule has 4 saturated carbocycles. The van der Waals surface area contributed by atoms with Crippen LogP contribution in [0.3, 0.4) is 0 Å². The number of ether oxygens (including phenoxy) is 4. The maximum atomic E-state index is 14.0. The monoisotopic (exact) mass is 518 g/mol. The summed E-state index contributed by atoms with van der Waals surface area (Å²) in [6.07, 6.45) is -1.72. The van der Waals surface area contributed by atoms with Gasteiger partial charge in [-0.05, 0) is 36.2 Å². The molecule has 0 radical (unpaired) electrons. The van der Waals surface area contributed by atoms with E-state index < -0.39 is 76.4 Å². The summed E-state index contributed by atoms with van der Waals surface area (Å²) in [5, 5.41) is 0. The van der Waals surface area contributed by atoms with Crippen LogP contribution < -0.4 is 0 Å². The quantitative estimate of drug-likeness (QED) is 0.313. The van der Waals surface area contributed by atoms with E-state index in [0.717, 1.165) is 0 Å². The van der Waals surface area contributed by atoms with Gasteiger partial charge in [0.05, 0.1) is 5.41 Å². The molecule has 9 atom stereocenters. The lowest BCUT2D eigenvalue weighted by Gasteiger charge is -2.67. The molecular formula is C28H38O9. The van der Waals surface area contributed by atoms with Crippen molar-refractivity contribution in [3.63, 3.8) is 0 Å². The third-order valence-electron chi connectivity index (χ3n) is 9.55. The minimum atomic E-state index is -1.13. The summed E-state index contributed by atoms with van der Waals surface area (Å²) in [4.78, 5) is 63.4. The minimum absolute atomic E-state index is 0.000264. The molecule has 4 aliphatic carbocycles. The van der Waals surface area contributed by atoms with Gasteiger partial charge in [0.1, 0.15) is 30.2 Å². The van der Waals surface area contributed by atoms with Gasteiger partial charge >= 0.3 is 23.9 Å². The zero-order valence-corrected chi connectivity index (χ0v) is 22.8. The lowest BCUT2D eigenvalue weighted by molar-refractivity contribution is -0.283. The fourth-order valence-electron chi connectivity index (χ4n) is 8.83. The van der Waals surface area contributed by atoms with Crippen molar-refractivity contribution in [2.24, 2.45) is 34.0 Å². The Bertz CT molecular complexity index is 1060. The molecule has 0 aromatic carbocycles. The molecule has 0 saturated heterocycles. The predicted octanol–water partition coefficient (Wildman–Crippen LogP) is 3.32. The summed E-state index contributed by atoms with van der Waals surface area (Å²) >= 11 is 0. The second-order valence-corrected chi connectivity index (χ2v) is 12.2. The molecule has 9 heteroatoms. The second-order valence-electron chi connectivity index (χ2n) is 12.2. The van der Waals surface area contributed by atoms with E-state index in [-0.39, 0.29) is 18.1 Å². The van der Waals surface area contributed by atoms with E-state index in [0.29, 0.717) is 24.8 Å². The number of carbonyl (C=O) groups is 5. The minimum Gasteiger partial charge on any atom is -0.462 e. The van der Waals surface area contributed by atoms with Gasteiger partial charge in [-0.3, -0.25) is 24.0 Å². The Kier molecular flexibility index (Phi) is 6.61. The van der Waals surface area contributed by atoms with Gasteiger partial charge in [-0.2, -0.15) is 0 Å². The van der Waals surface area contributed by atoms with Crippen LogP contribution in [0.15, 0.2) is 12.2 Å². The first-order valence-electron chi connectivity index (χ1n) is 13.0. The summed E-state index contributed by atoms with van der Waals surface area (Å²) in [6.45, 7) is 15.3. The highest BCUT2D eigenvalue weighted by Gasteiger charge is 2.78. The van der Waals surface area contributed by atoms with Gasteiger partial charge in [0.15, 0.2) is 0 Å². The first-order chi connectivity index (χ1) is 17.1. The predicted molar refractivity (Wildman–Crippen MR) is 130 cm³/mol. The van der Waals surface area contributed by atoms with Crippen molar-refractivity contribution < 1.29 is 42.9 Å². The lowest BCUT2D eigenvalue weighted by atomic mass is 9.38. The fraction of sp³-hybridized carbons (Fsp3) is 0.750. The topological polar surface area (TPSA) is 122 Å². The second kappa shape index (κ2) is 8.95. The van der Waals surface area contributed by atoms with Gasteiger partial charge in [0, 0.05) is 51.4 Å². The molecule has 4 fully saturated rings. The van der Waals surface area contributed by atoms with Gasteiger partial charge in [0.25, 0.3) is 0 Å². The van der Waals surface area contributed by atoms with E-state index in [1.54, 1.807) is 0 Å². The molecule has 0 N–H and O–H groups in total. The van der Waals surface area contributed by atoms with Gasteiger partial charge in [-0.15, -0.1) is 0 Å². The largest absolute Gasteiger partial charge is 0.462 e. The Morgan fingerprint density at radius 1 is 0.865 bits per heavy atom. The highest BCUT2D eigenvalue weighted by molar-refractivity contribution is 5.86. The third-order valence-corrected chi connectivity index (χ3v) is 9.55. The molecule has 9 nitrogen and oxygen atoms in total. The SMILES string of the molecule is C=C1C2CC(=O)C3C4(C)CCC(OC(C)=O)C(C)(C)C4C(OC(C)=O)C(OC(C)=O)C3(C2)C1OC(C)=O. The van der Waals surface area contributed by atoms with Crippen LogP contribution in [-0.4, -0.2) is 54.1 Å². The first kappa shape index (κ1) is 27.3. The number of esters is 4. The van der Waals surface area contributed by atoms with Crippen LogP contribution >= 0.6 is 0 Å². The Labute approximate surface area is 217 Å². The van der Waals surface area contributed by atoms with Crippen LogP contribution in [0, 0.1) is 34.0 Å². The maximum absolute atomic E-state index is 14.0. The van der Waals surface area contributed by atoms with E-state index in [2.05, 4.69) is 6.58 Å². The maximum Gasteiger partial charge on any atom is 0.303 e. The number of rotatable bonds is 4. The zero-order valence-electron chi connectivity index (χ0n) is 22.8. The van der Waals surface area contributed by atoms with Crippen LogP contribution in [-0.2, 0) is 42.9 Å². The average Bonchev–Trinajstić information content (AvgIpc) is 2.94. The molecule has 204 valence electrons. The van der Waals surface area contributed by atoms with Crippen molar-refractivity contribution >= 4 is 29.7 Å². The molecule has 0 aromatic heterocycles. The van der Waals surface area contributed by atoms with Gasteiger partial charge < -0.3 is 18.9 Å². The summed E-state index contributed by atoms with van der Waals surface area (Å²) < 4.78 is 23.6. The Morgan fingerprint density at radius 3 is 1.97 bits per heavy atom. The van der Waals surface area contributed by atoms with Gasteiger partial charge in [-0.1, -0.05) is 27.4 Å². The normalized spacial score (nSPS) is 41.6. The Hall–Kier alpha value is -2.71. The van der Waals surface area contributed by atoms with Crippen molar-refractivity contribution in [1.29, 1.82) is 0 Å². The molecule has 4 aliphatic rings. The number of carbonyl (C=O) groups excluding carboxylic acids is 5. The Balaban J connectivity index is 2.00. The third kappa shape index (κ3) is 4.00. The number of fused-ring (bicyclic) bond motifs is 3.